The molecule has 0 amide bonds. The molecule has 0 saturated carbocycles. The van der Waals surface area contributed by atoms with Crippen LogP contribution in [0.15, 0.2) is 12.1 Å². The lowest BCUT2D eigenvalue weighted by Crippen LogP contribution is -2.22. The van der Waals surface area contributed by atoms with Crippen molar-refractivity contribution in [3.05, 3.63) is 29.1 Å². The van der Waals surface area contributed by atoms with Crippen LogP contribution in [0, 0.1) is 5.82 Å². The van der Waals surface area contributed by atoms with Crippen molar-refractivity contribution in [2.45, 2.75) is 44.7 Å². The zero-order chi connectivity index (χ0) is 16.4. The van der Waals surface area contributed by atoms with E-state index in [9.17, 15) is 17.6 Å². The molecule has 1 aromatic rings. The molecule has 0 aliphatic rings. The highest BCUT2D eigenvalue weighted by atomic mass is 32.2. The van der Waals surface area contributed by atoms with Gasteiger partial charge < -0.3 is 4.74 Å². The van der Waals surface area contributed by atoms with Crippen molar-refractivity contribution >= 4 is 11.9 Å². The molecule has 0 aliphatic heterocycles. The molecule has 2 nitrogen and oxygen atoms in total. The van der Waals surface area contributed by atoms with Gasteiger partial charge in [-0.2, -0.15) is 13.2 Å². The van der Waals surface area contributed by atoms with Gasteiger partial charge in [-0.05, 0) is 33.8 Å². The van der Waals surface area contributed by atoms with Gasteiger partial charge in [-0.25, -0.2) is 4.39 Å². The Hall–Kier alpha value is -0.950. The third-order valence-corrected chi connectivity index (χ3v) is 3.73. The molecule has 0 fully saturated rings. The summed E-state index contributed by atoms with van der Waals surface area (Å²) in [4.78, 5) is 0. The van der Waals surface area contributed by atoms with E-state index in [0.717, 1.165) is 13.2 Å². The maximum absolute atomic E-state index is 14.2. The third-order valence-electron chi connectivity index (χ3n) is 2.65. The monoisotopic (exact) mass is 325 g/mol. The van der Waals surface area contributed by atoms with E-state index in [1.165, 1.54) is 18.0 Å². The second-order valence-corrected chi connectivity index (χ2v) is 7.26. The standard InChI is InChI=1S/C14H19F4NOS/c1-8(19-21-13(2,3)4)9-6-7-10(20-5)11(12(9)15)14(16,17)18/h6-8,19H,1-5H3. The van der Waals surface area contributed by atoms with Gasteiger partial charge in [0, 0.05) is 16.4 Å². The van der Waals surface area contributed by atoms with E-state index < -0.39 is 29.3 Å². The Labute approximate surface area is 126 Å². The number of alkyl halides is 3. The Balaban J connectivity index is 3.15. The van der Waals surface area contributed by atoms with Gasteiger partial charge in [0.1, 0.15) is 17.1 Å². The van der Waals surface area contributed by atoms with Crippen LogP contribution in [-0.2, 0) is 6.18 Å². The van der Waals surface area contributed by atoms with Gasteiger partial charge in [0.15, 0.2) is 0 Å². The molecule has 0 radical (unpaired) electrons. The molecule has 1 atom stereocenters. The minimum absolute atomic E-state index is 0.0418. The average molecular weight is 325 g/mol. The maximum atomic E-state index is 14.2. The smallest absolute Gasteiger partial charge is 0.422 e. The van der Waals surface area contributed by atoms with Crippen molar-refractivity contribution in [2.75, 3.05) is 7.11 Å². The first-order valence-corrected chi connectivity index (χ1v) is 7.16. The minimum Gasteiger partial charge on any atom is -0.496 e. The highest BCUT2D eigenvalue weighted by Crippen LogP contribution is 2.40. The van der Waals surface area contributed by atoms with E-state index in [2.05, 4.69) is 9.46 Å². The Morgan fingerprint density at radius 2 is 1.76 bits per heavy atom. The van der Waals surface area contributed by atoms with Gasteiger partial charge in [0.2, 0.25) is 0 Å². The summed E-state index contributed by atoms with van der Waals surface area (Å²) in [5, 5.41) is 0. The van der Waals surface area contributed by atoms with Gasteiger partial charge >= 0.3 is 6.18 Å². The van der Waals surface area contributed by atoms with Crippen LogP contribution < -0.4 is 9.46 Å². The molecule has 0 saturated heterocycles. The van der Waals surface area contributed by atoms with Gasteiger partial charge in [0.05, 0.1) is 7.11 Å². The zero-order valence-corrected chi connectivity index (χ0v) is 13.4. The minimum atomic E-state index is -4.80. The van der Waals surface area contributed by atoms with E-state index in [4.69, 9.17) is 0 Å². The summed E-state index contributed by atoms with van der Waals surface area (Å²) in [6.45, 7) is 7.46. The van der Waals surface area contributed by atoms with E-state index in [-0.39, 0.29) is 10.3 Å². The predicted molar refractivity (Wildman–Crippen MR) is 76.8 cm³/mol. The molecule has 0 bridgehead atoms. The lowest BCUT2D eigenvalue weighted by atomic mass is 10.0. The predicted octanol–water partition coefficient (Wildman–Crippen LogP) is 4.95. The molecule has 1 N–H and O–H groups in total. The van der Waals surface area contributed by atoms with E-state index in [0.29, 0.717) is 0 Å². The largest absolute Gasteiger partial charge is 0.496 e. The van der Waals surface area contributed by atoms with Crippen molar-refractivity contribution < 1.29 is 22.3 Å². The Bertz CT molecular complexity index is 497. The molecule has 1 unspecified atom stereocenters. The first kappa shape index (κ1) is 18.1. The van der Waals surface area contributed by atoms with E-state index in [1.807, 2.05) is 20.8 Å². The number of benzene rings is 1. The Kier molecular flexibility index (Phi) is 5.55. The first-order valence-electron chi connectivity index (χ1n) is 6.34. The Morgan fingerprint density at radius 1 is 1.19 bits per heavy atom. The number of hydrogen-bond acceptors (Lipinski definition) is 3. The van der Waals surface area contributed by atoms with Crippen LogP contribution in [0.5, 0.6) is 5.75 Å². The van der Waals surface area contributed by atoms with Crippen LogP contribution in [0.3, 0.4) is 0 Å². The number of rotatable bonds is 4. The van der Waals surface area contributed by atoms with E-state index in [1.54, 1.807) is 6.92 Å². The quantitative estimate of drug-likeness (QED) is 0.625. The summed E-state index contributed by atoms with van der Waals surface area (Å²) in [6, 6.07) is 1.88. The summed E-state index contributed by atoms with van der Waals surface area (Å²) in [5.41, 5.74) is -1.41. The average Bonchev–Trinajstić information content (AvgIpc) is 2.32. The number of hydrogen-bond donors (Lipinski definition) is 1. The van der Waals surface area contributed by atoms with Crippen molar-refractivity contribution in [3.8, 4) is 5.75 Å². The molecule has 0 aliphatic carbocycles. The fraction of sp³-hybridized carbons (Fsp3) is 0.571. The second-order valence-electron chi connectivity index (χ2n) is 5.60. The van der Waals surface area contributed by atoms with Crippen LogP contribution >= 0.6 is 11.9 Å². The third kappa shape index (κ3) is 4.78. The first-order chi connectivity index (χ1) is 9.47. The number of methoxy groups -OCH3 is 1. The fourth-order valence-corrected chi connectivity index (χ4v) is 2.33. The Morgan fingerprint density at radius 3 is 2.19 bits per heavy atom. The number of ether oxygens (including phenoxy) is 1. The zero-order valence-electron chi connectivity index (χ0n) is 12.6. The van der Waals surface area contributed by atoms with Crippen LogP contribution in [-0.4, -0.2) is 11.9 Å². The summed E-state index contributed by atoms with van der Waals surface area (Å²) in [5.74, 6) is -1.81. The highest BCUT2D eigenvalue weighted by Gasteiger charge is 2.39. The summed E-state index contributed by atoms with van der Waals surface area (Å²) >= 11 is 1.34. The molecule has 7 heteroatoms. The fourth-order valence-electron chi connectivity index (χ4n) is 1.67. The molecular formula is C14H19F4NOS. The number of nitrogens with one attached hydrogen (secondary N) is 1. The summed E-state index contributed by atoms with van der Waals surface area (Å²) in [6.07, 6.45) is -4.80. The van der Waals surface area contributed by atoms with Gasteiger partial charge in [-0.1, -0.05) is 18.0 Å². The topological polar surface area (TPSA) is 21.3 Å². The highest BCUT2D eigenvalue weighted by molar-refractivity contribution is 7.98. The maximum Gasteiger partial charge on any atom is 0.422 e. The van der Waals surface area contributed by atoms with Crippen molar-refractivity contribution in [2.24, 2.45) is 0 Å². The lowest BCUT2D eigenvalue weighted by Gasteiger charge is -2.23. The molecule has 21 heavy (non-hydrogen) atoms. The number of halogens is 4. The molecule has 0 aromatic heterocycles. The van der Waals surface area contributed by atoms with Crippen molar-refractivity contribution in [1.29, 1.82) is 0 Å². The summed E-state index contributed by atoms with van der Waals surface area (Å²) in [7, 11) is 1.08. The molecule has 1 aromatic carbocycles. The van der Waals surface area contributed by atoms with Gasteiger partial charge in [-0.15, -0.1) is 0 Å². The lowest BCUT2D eigenvalue weighted by molar-refractivity contribution is -0.141. The molecular weight excluding hydrogens is 306 g/mol. The molecule has 0 heterocycles. The second kappa shape index (κ2) is 6.44. The van der Waals surface area contributed by atoms with E-state index >= 15 is 0 Å². The summed E-state index contributed by atoms with van der Waals surface area (Å²) < 4.78 is 60.6. The van der Waals surface area contributed by atoms with Gasteiger partial charge in [-0.3, -0.25) is 4.72 Å². The normalized spacial score (nSPS) is 14.1. The van der Waals surface area contributed by atoms with Crippen LogP contribution in [0.4, 0.5) is 17.6 Å². The van der Waals surface area contributed by atoms with Gasteiger partial charge in [0.25, 0.3) is 0 Å². The SMILES string of the molecule is COc1ccc(C(C)NSC(C)(C)C)c(F)c1C(F)(F)F. The van der Waals surface area contributed by atoms with Crippen LogP contribution in [0.1, 0.15) is 44.9 Å². The van der Waals surface area contributed by atoms with Crippen LogP contribution in [0.25, 0.3) is 0 Å². The van der Waals surface area contributed by atoms with Crippen LogP contribution in [0.2, 0.25) is 0 Å². The molecule has 1 rings (SSSR count). The van der Waals surface area contributed by atoms with Crippen molar-refractivity contribution in [1.82, 2.24) is 4.72 Å². The van der Waals surface area contributed by atoms with Crippen molar-refractivity contribution in [3.63, 3.8) is 0 Å². The molecule has 0 spiro atoms. The molecule has 120 valence electrons.